The first kappa shape index (κ1) is 17.3. The Labute approximate surface area is 139 Å². The number of hydrogen-bond donors (Lipinski definition) is 1. The van der Waals surface area contributed by atoms with Crippen LogP contribution in [0.3, 0.4) is 0 Å². The molecule has 0 saturated heterocycles. The van der Waals surface area contributed by atoms with Gasteiger partial charge in [-0.25, -0.2) is 0 Å². The molecule has 0 aliphatic carbocycles. The molecule has 1 atom stereocenters. The highest BCUT2D eigenvalue weighted by Gasteiger charge is 2.71. The van der Waals surface area contributed by atoms with Crippen LogP contribution in [0, 0.1) is 0 Å². The summed E-state index contributed by atoms with van der Waals surface area (Å²) in [7, 11) is 0. The molecule has 0 spiro atoms. The summed E-state index contributed by atoms with van der Waals surface area (Å²) in [5.74, 6) is -5.45. The first-order valence-electron chi connectivity index (χ1n) is 7.25. The maximum Gasteiger partial charge on any atom is 0.457 e. The van der Waals surface area contributed by atoms with Crippen LogP contribution in [-0.2, 0) is 5.60 Å². The van der Waals surface area contributed by atoms with Crippen LogP contribution in [0.1, 0.15) is 11.3 Å². The summed E-state index contributed by atoms with van der Waals surface area (Å²) in [6.07, 6.45) is -4.92. The fourth-order valence-electron chi connectivity index (χ4n) is 2.69. The standard InChI is InChI=1S/C18H12F5NO/c19-17(20,18(21,22)23)16(25,15-7-3-4-10-24-15)14-9-8-12-5-1-2-6-13(12)11-14/h1-11,25H. The lowest BCUT2D eigenvalue weighted by Gasteiger charge is -2.36. The van der Waals surface area contributed by atoms with Gasteiger partial charge in [0.1, 0.15) is 0 Å². The van der Waals surface area contributed by atoms with E-state index in [1.54, 1.807) is 24.3 Å². The van der Waals surface area contributed by atoms with Gasteiger partial charge in [-0.1, -0.05) is 42.5 Å². The molecule has 130 valence electrons. The molecular formula is C18H12F5NO. The minimum Gasteiger partial charge on any atom is -0.373 e. The first-order chi connectivity index (χ1) is 11.7. The van der Waals surface area contributed by atoms with Crippen molar-refractivity contribution in [1.82, 2.24) is 4.98 Å². The van der Waals surface area contributed by atoms with E-state index in [0.717, 1.165) is 24.4 Å². The smallest absolute Gasteiger partial charge is 0.373 e. The van der Waals surface area contributed by atoms with Crippen molar-refractivity contribution >= 4 is 10.8 Å². The number of aliphatic hydroxyl groups is 1. The lowest BCUT2D eigenvalue weighted by molar-refractivity contribution is -0.337. The highest BCUT2D eigenvalue weighted by atomic mass is 19.4. The summed E-state index contributed by atoms with van der Waals surface area (Å²) >= 11 is 0. The van der Waals surface area contributed by atoms with E-state index in [4.69, 9.17) is 0 Å². The van der Waals surface area contributed by atoms with Crippen molar-refractivity contribution < 1.29 is 27.1 Å². The number of rotatable bonds is 3. The van der Waals surface area contributed by atoms with Gasteiger partial charge in [0.05, 0.1) is 5.69 Å². The van der Waals surface area contributed by atoms with E-state index in [2.05, 4.69) is 4.98 Å². The van der Waals surface area contributed by atoms with E-state index in [-0.39, 0.29) is 0 Å². The number of hydrogen-bond acceptors (Lipinski definition) is 2. The van der Waals surface area contributed by atoms with Crippen molar-refractivity contribution in [2.24, 2.45) is 0 Å². The van der Waals surface area contributed by atoms with E-state index in [1.807, 2.05) is 0 Å². The summed E-state index contributed by atoms with van der Waals surface area (Å²) in [5, 5.41) is 11.7. The van der Waals surface area contributed by atoms with Crippen LogP contribution in [0.4, 0.5) is 22.0 Å². The number of nitrogens with zero attached hydrogens (tertiary/aromatic N) is 1. The third-order valence-corrected chi connectivity index (χ3v) is 4.01. The molecule has 0 radical (unpaired) electrons. The predicted octanol–water partition coefficient (Wildman–Crippen LogP) is 4.67. The van der Waals surface area contributed by atoms with Crippen molar-refractivity contribution in [2.75, 3.05) is 0 Å². The zero-order valence-electron chi connectivity index (χ0n) is 12.6. The molecule has 0 saturated carbocycles. The topological polar surface area (TPSA) is 33.1 Å². The number of halogens is 5. The lowest BCUT2D eigenvalue weighted by atomic mass is 9.82. The molecule has 7 heteroatoms. The Kier molecular flexibility index (Phi) is 3.99. The largest absolute Gasteiger partial charge is 0.457 e. The SMILES string of the molecule is OC(c1ccc2ccccc2c1)(c1ccccn1)C(F)(F)C(F)(F)F. The van der Waals surface area contributed by atoms with E-state index in [1.165, 1.54) is 18.2 Å². The zero-order chi connectivity index (χ0) is 18.3. The van der Waals surface area contributed by atoms with E-state index >= 15 is 0 Å². The quantitative estimate of drug-likeness (QED) is 0.694. The minimum atomic E-state index is -5.97. The molecule has 0 bridgehead atoms. The Morgan fingerprint density at radius 3 is 2.00 bits per heavy atom. The molecule has 1 heterocycles. The van der Waals surface area contributed by atoms with Crippen LogP contribution in [-0.4, -0.2) is 22.2 Å². The first-order valence-corrected chi connectivity index (χ1v) is 7.25. The molecule has 25 heavy (non-hydrogen) atoms. The second kappa shape index (κ2) is 5.77. The van der Waals surface area contributed by atoms with Gasteiger partial charge >= 0.3 is 12.1 Å². The Morgan fingerprint density at radius 2 is 1.40 bits per heavy atom. The van der Waals surface area contributed by atoms with Gasteiger partial charge in [-0.3, -0.25) is 4.98 Å². The average molecular weight is 353 g/mol. The van der Waals surface area contributed by atoms with Gasteiger partial charge < -0.3 is 5.11 Å². The molecule has 3 rings (SSSR count). The van der Waals surface area contributed by atoms with E-state index in [0.29, 0.717) is 10.8 Å². The second-order valence-electron chi connectivity index (χ2n) is 5.56. The summed E-state index contributed by atoms with van der Waals surface area (Å²) in [6.45, 7) is 0. The molecule has 2 aromatic carbocycles. The van der Waals surface area contributed by atoms with E-state index < -0.39 is 29.0 Å². The zero-order valence-corrected chi connectivity index (χ0v) is 12.6. The minimum absolute atomic E-state index is 0.423. The van der Waals surface area contributed by atoms with Gasteiger partial charge in [-0.05, 0) is 34.5 Å². The van der Waals surface area contributed by atoms with E-state index in [9.17, 15) is 27.1 Å². The Bertz CT molecular complexity index is 895. The number of benzene rings is 2. The molecule has 1 aromatic heterocycles. The van der Waals surface area contributed by atoms with Crippen LogP contribution >= 0.6 is 0 Å². The third kappa shape index (κ3) is 2.64. The van der Waals surface area contributed by atoms with Crippen molar-refractivity contribution in [2.45, 2.75) is 17.7 Å². The normalized spacial score (nSPS) is 15.1. The van der Waals surface area contributed by atoms with Crippen LogP contribution in [0.15, 0.2) is 66.9 Å². The number of alkyl halides is 5. The Balaban J connectivity index is 2.30. The summed E-state index contributed by atoms with van der Waals surface area (Å²) in [4.78, 5) is 3.56. The van der Waals surface area contributed by atoms with Crippen molar-refractivity contribution in [3.05, 3.63) is 78.1 Å². The van der Waals surface area contributed by atoms with Crippen molar-refractivity contribution in [3.63, 3.8) is 0 Å². The van der Waals surface area contributed by atoms with Gasteiger partial charge in [0.15, 0.2) is 0 Å². The Morgan fingerprint density at radius 1 is 0.760 bits per heavy atom. The van der Waals surface area contributed by atoms with Gasteiger partial charge in [-0.15, -0.1) is 0 Å². The van der Waals surface area contributed by atoms with Crippen LogP contribution in [0.2, 0.25) is 0 Å². The summed E-state index contributed by atoms with van der Waals surface area (Å²) < 4.78 is 67.9. The fourth-order valence-corrected chi connectivity index (χ4v) is 2.69. The Hall–Kier alpha value is -2.54. The number of pyridine rings is 1. The third-order valence-electron chi connectivity index (χ3n) is 4.01. The van der Waals surface area contributed by atoms with Gasteiger partial charge in [0.25, 0.3) is 0 Å². The molecule has 3 aromatic rings. The molecule has 0 fully saturated rings. The lowest BCUT2D eigenvalue weighted by Crippen LogP contribution is -2.56. The number of fused-ring (bicyclic) bond motifs is 1. The predicted molar refractivity (Wildman–Crippen MR) is 82.2 cm³/mol. The monoisotopic (exact) mass is 353 g/mol. The van der Waals surface area contributed by atoms with Gasteiger partial charge in [0.2, 0.25) is 5.60 Å². The summed E-state index contributed by atoms with van der Waals surface area (Å²) in [5.41, 5.74) is -5.03. The van der Waals surface area contributed by atoms with Crippen molar-refractivity contribution in [3.8, 4) is 0 Å². The molecule has 1 N–H and O–H groups in total. The molecular weight excluding hydrogens is 341 g/mol. The molecule has 0 amide bonds. The fraction of sp³-hybridized carbons (Fsp3) is 0.167. The summed E-state index contributed by atoms with van der Waals surface area (Å²) in [6, 6.07) is 13.6. The molecule has 1 unspecified atom stereocenters. The maximum absolute atomic E-state index is 14.3. The van der Waals surface area contributed by atoms with Gasteiger partial charge in [-0.2, -0.15) is 22.0 Å². The average Bonchev–Trinajstić information content (AvgIpc) is 2.60. The van der Waals surface area contributed by atoms with Crippen LogP contribution in [0.25, 0.3) is 10.8 Å². The highest BCUT2D eigenvalue weighted by Crippen LogP contribution is 2.51. The maximum atomic E-state index is 14.3. The molecule has 0 aliphatic heterocycles. The van der Waals surface area contributed by atoms with Crippen molar-refractivity contribution in [1.29, 1.82) is 0 Å². The van der Waals surface area contributed by atoms with Crippen LogP contribution < -0.4 is 0 Å². The molecule has 2 nitrogen and oxygen atoms in total. The van der Waals surface area contributed by atoms with Gasteiger partial charge in [0, 0.05) is 6.20 Å². The molecule has 0 aliphatic rings. The highest BCUT2D eigenvalue weighted by molar-refractivity contribution is 5.83. The second-order valence-corrected chi connectivity index (χ2v) is 5.56. The number of aromatic nitrogens is 1. The van der Waals surface area contributed by atoms with Crippen LogP contribution in [0.5, 0.6) is 0 Å².